The Morgan fingerprint density at radius 2 is 1.93 bits per heavy atom. The van der Waals surface area contributed by atoms with Crippen LogP contribution in [-0.4, -0.2) is 30.4 Å². The number of nitriles is 1. The Hall–Kier alpha value is -2.84. The molecule has 2 aromatic heterocycles. The van der Waals surface area contributed by atoms with Gasteiger partial charge < -0.3 is 14.0 Å². The first kappa shape index (κ1) is 19.9. The van der Waals surface area contributed by atoms with Crippen molar-refractivity contribution in [1.29, 1.82) is 5.26 Å². The maximum atomic E-state index is 9.82. The molecular formula is C23H27N3O2. The quantitative estimate of drug-likeness (QED) is 0.591. The molecule has 0 aliphatic carbocycles. The first-order valence-corrected chi connectivity index (χ1v) is 9.50. The van der Waals surface area contributed by atoms with Crippen molar-refractivity contribution in [2.45, 2.75) is 39.7 Å². The predicted octanol–water partition coefficient (Wildman–Crippen LogP) is 5.22. The lowest BCUT2D eigenvalue weighted by atomic mass is 9.98. The van der Waals surface area contributed by atoms with Gasteiger partial charge in [-0.3, -0.25) is 0 Å². The van der Waals surface area contributed by atoms with Gasteiger partial charge in [-0.05, 0) is 49.1 Å². The molecule has 0 saturated carbocycles. The molecule has 2 heterocycles. The van der Waals surface area contributed by atoms with Crippen LogP contribution in [0.15, 0.2) is 30.5 Å². The van der Waals surface area contributed by atoms with Crippen molar-refractivity contribution in [3.63, 3.8) is 0 Å². The molecule has 0 aliphatic rings. The fourth-order valence-corrected chi connectivity index (χ4v) is 3.57. The number of aryl methyl sites for hydroxylation is 1. The minimum absolute atomic E-state index is 0.153. The summed E-state index contributed by atoms with van der Waals surface area (Å²) < 4.78 is 13.1. The lowest BCUT2D eigenvalue weighted by Gasteiger charge is -2.15. The van der Waals surface area contributed by atoms with Crippen LogP contribution in [0.5, 0.6) is 5.75 Å². The second-order valence-electron chi connectivity index (χ2n) is 7.50. The molecule has 5 nitrogen and oxygen atoms in total. The highest BCUT2D eigenvalue weighted by molar-refractivity contribution is 5.86. The van der Waals surface area contributed by atoms with E-state index in [0.717, 1.165) is 27.9 Å². The largest absolute Gasteiger partial charge is 0.496 e. The van der Waals surface area contributed by atoms with E-state index in [9.17, 15) is 5.26 Å². The Kier molecular flexibility index (Phi) is 5.71. The van der Waals surface area contributed by atoms with Gasteiger partial charge in [-0.15, -0.1) is 0 Å². The number of methoxy groups -OCH3 is 2. The van der Waals surface area contributed by atoms with Crippen molar-refractivity contribution in [1.82, 2.24) is 9.55 Å². The number of rotatable bonds is 6. The second-order valence-corrected chi connectivity index (χ2v) is 7.50. The zero-order chi connectivity index (χ0) is 20.4. The van der Waals surface area contributed by atoms with Crippen LogP contribution in [0, 0.1) is 18.3 Å². The second kappa shape index (κ2) is 8.04. The van der Waals surface area contributed by atoms with Crippen LogP contribution in [-0.2, 0) is 4.74 Å². The van der Waals surface area contributed by atoms with Gasteiger partial charge in [-0.2, -0.15) is 5.26 Å². The molecule has 3 rings (SSSR count). The monoisotopic (exact) mass is 377 g/mol. The average molecular weight is 377 g/mol. The third kappa shape index (κ3) is 3.48. The summed E-state index contributed by atoms with van der Waals surface area (Å²) in [6.45, 7) is 9.02. The van der Waals surface area contributed by atoms with Crippen molar-refractivity contribution in [3.8, 4) is 23.1 Å². The predicted molar refractivity (Wildman–Crippen MR) is 112 cm³/mol. The van der Waals surface area contributed by atoms with Crippen molar-refractivity contribution in [2.75, 3.05) is 20.8 Å². The topological polar surface area (TPSA) is 60.1 Å². The van der Waals surface area contributed by atoms with E-state index >= 15 is 0 Å². The summed E-state index contributed by atoms with van der Waals surface area (Å²) in [5.74, 6) is 1.13. The molecule has 5 heteroatoms. The van der Waals surface area contributed by atoms with E-state index in [4.69, 9.17) is 14.5 Å². The van der Waals surface area contributed by atoms with Crippen LogP contribution in [0.2, 0.25) is 0 Å². The Morgan fingerprint density at radius 3 is 2.54 bits per heavy atom. The molecule has 28 heavy (non-hydrogen) atoms. The normalized spacial score (nSPS) is 12.4. The molecule has 1 unspecified atom stereocenters. The summed E-state index contributed by atoms with van der Waals surface area (Å²) >= 11 is 0. The minimum atomic E-state index is 0.153. The van der Waals surface area contributed by atoms with Gasteiger partial charge in [0.15, 0.2) is 0 Å². The molecule has 3 aromatic rings. The van der Waals surface area contributed by atoms with Crippen LogP contribution in [0.25, 0.3) is 22.3 Å². The molecule has 0 amide bonds. The van der Waals surface area contributed by atoms with E-state index in [1.807, 2.05) is 25.1 Å². The highest BCUT2D eigenvalue weighted by Gasteiger charge is 2.19. The molecule has 0 radical (unpaired) electrons. The molecule has 0 spiro atoms. The van der Waals surface area contributed by atoms with Gasteiger partial charge in [0.1, 0.15) is 11.8 Å². The van der Waals surface area contributed by atoms with E-state index in [0.29, 0.717) is 23.8 Å². The fraction of sp³-hybridized carbons (Fsp3) is 0.391. The van der Waals surface area contributed by atoms with Crippen molar-refractivity contribution in [2.24, 2.45) is 0 Å². The van der Waals surface area contributed by atoms with Gasteiger partial charge in [-0.25, -0.2) is 4.98 Å². The van der Waals surface area contributed by atoms with E-state index in [1.165, 1.54) is 5.56 Å². The van der Waals surface area contributed by atoms with Crippen LogP contribution in [0.3, 0.4) is 0 Å². The first-order valence-electron chi connectivity index (χ1n) is 9.50. The summed E-state index contributed by atoms with van der Waals surface area (Å²) in [5.41, 5.74) is 6.13. The standard InChI is InChI=1S/C23H27N3O2/c1-14(2)17-7-8-19(21(10-17)28-6)23-18(11-24)9-20-22(25-23)15(3)12-26(20)16(4)13-27-5/h7-10,12,14,16H,13H2,1-6H3. The Labute approximate surface area is 166 Å². The fourth-order valence-electron chi connectivity index (χ4n) is 3.57. The van der Waals surface area contributed by atoms with Crippen LogP contribution in [0.1, 0.15) is 49.4 Å². The third-order valence-electron chi connectivity index (χ3n) is 5.14. The lowest BCUT2D eigenvalue weighted by Crippen LogP contribution is -2.10. The zero-order valence-electron chi connectivity index (χ0n) is 17.4. The molecule has 0 bridgehead atoms. The van der Waals surface area contributed by atoms with Gasteiger partial charge in [0, 0.05) is 18.9 Å². The summed E-state index contributed by atoms with van der Waals surface area (Å²) in [4.78, 5) is 4.90. The van der Waals surface area contributed by atoms with E-state index in [1.54, 1.807) is 14.2 Å². The molecule has 146 valence electrons. The summed E-state index contributed by atoms with van der Waals surface area (Å²) in [6.07, 6.45) is 2.07. The Morgan fingerprint density at radius 1 is 1.18 bits per heavy atom. The third-order valence-corrected chi connectivity index (χ3v) is 5.14. The number of hydrogen-bond acceptors (Lipinski definition) is 4. The number of benzene rings is 1. The van der Waals surface area contributed by atoms with Gasteiger partial charge in [-0.1, -0.05) is 19.9 Å². The van der Waals surface area contributed by atoms with E-state index in [-0.39, 0.29) is 6.04 Å². The number of nitrogens with zero attached hydrogens (tertiary/aromatic N) is 3. The molecule has 0 N–H and O–H groups in total. The zero-order valence-corrected chi connectivity index (χ0v) is 17.4. The summed E-state index contributed by atoms with van der Waals surface area (Å²) in [7, 11) is 3.35. The van der Waals surface area contributed by atoms with Crippen molar-refractivity contribution < 1.29 is 9.47 Å². The van der Waals surface area contributed by atoms with Crippen LogP contribution >= 0.6 is 0 Å². The number of fused-ring (bicyclic) bond motifs is 1. The van der Waals surface area contributed by atoms with Gasteiger partial charge in [0.25, 0.3) is 0 Å². The van der Waals surface area contributed by atoms with Crippen molar-refractivity contribution >= 4 is 11.0 Å². The van der Waals surface area contributed by atoms with Crippen LogP contribution in [0.4, 0.5) is 0 Å². The van der Waals surface area contributed by atoms with Crippen molar-refractivity contribution in [3.05, 3.63) is 47.2 Å². The Bertz CT molecular complexity index is 1040. The molecule has 1 atom stereocenters. The smallest absolute Gasteiger partial charge is 0.128 e. The average Bonchev–Trinajstić information content (AvgIpc) is 3.02. The highest BCUT2D eigenvalue weighted by atomic mass is 16.5. The SMILES string of the molecule is COCC(C)n1cc(C)c2nc(-c3ccc(C(C)C)cc3OC)c(C#N)cc21. The maximum absolute atomic E-state index is 9.82. The van der Waals surface area contributed by atoms with Gasteiger partial charge in [0.2, 0.25) is 0 Å². The van der Waals surface area contributed by atoms with E-state index < -0.39 is 0 Å². The van der Waals surface area contributed by atoms with Gasteiger partial charge in [0.05, 0.1) is 42.0 Å². The minimum Gasteiger partial charge on any atom is -0.496 e. The summed E-state index contributed by atoms with van der Waals surface area (Å²) in [5, 5.41) is 9.82. The molecular weight excluding hydrogens is 350 g/mol. The molecule has 0 saturated heterocycles. The molecule has 0 fully saturated rings. The number of ether oxygens (including phenoxy) is 2. The van der Waals surface area contributed by atoms with Crippen LogP contribution < -0.4 is 4.74 Å². The maximum Gasteiger partial charge on any atom is 0.128 e. The van der Waals surface area contributed by atoms with E-state index in [2.05, 4.69) is 43.7 Å². The first-order chi connectivity index (χ1) is 13.4. The number of pyridine rings is 1. The highest BCUT2D eigenvalue weighted by Crippen LogP contribution is 2.36. The molecule has 1 aromatic carbocycles. The number of hydrogen-bond donors (Lipinski definition) is 0. The summed E-state index contributed by atoms with van der Waals surface area (Å²) in [6, 6.07) is 10.5. The van der Waals surface area contributed by atoms with Gasteiger partial charge >= 0.3 is 0 Å². The molecule has 0 aliphatic heterocycles. The Balaban J connectivity index is 2.23. The lowest BCUT2D eigenvalue weighted by molar-refractivity contribution is 0.164. The number of aromatic nitrogens is 2.